The summed E-state index contributed by atoms with van der Waals surface area (Å²) in [5.74, 6) is 2.42. The first-order valence-corrected chi connectivity index (χ1v) is 6.42. The topological polar surface area (TPSA) is 47.3 Å². The van der Waals surface area contributed by atoms with Crippen LogP contribution in [0.25, 0.3) is 0 Å². The minimum atomic E-state index is 0.0748. The van der Waals surface area contributed by atoms with E-state index in [-0.39, 0.29) is 12.1 Å². The Balaban J connectivity index is 2.01. The lowest BCUT2D eigenvalue weighted by Crippen LogP contribution is -2.22. The van der Waals surface area contributed by atoms with E-state index >= 15 is 0 Å². The predicted molar refractivity (Wildman–Crippen MR) is 74.2 cm³/mol. The molecule has 0 aliphatic heterocycles. The van der Waals surface area contributed by atoms with Gasteiger partial charge in [0.15, 0.2) is 0 Å². The smallest absolute Gasteiger partial charge is 0.211 e. The van der Waals surface area contributed by atoms with E-state index in [0.29, 0.717) is 0 Å². The lowest BCUT2D eigenvalue weighted by atomic mass is 10.1. The molecular formula is C15H20N2O2. The minimum absolute atomic E-state index is 0.0748. The van der Waals surface area contributed by atoms with Crippen molar-refractivity contribution in [2.45, 2.75) is 32.9 Å². The molecule has 4 nitrogen and oxygen atoms in total. The first-order valence-electron chi connectivity index (χ1n) is 6.42. The Morgan fingerprint density at radius 1 is 1.16 bits per heavy atom. The Labute approximate surface area is 113 Å². The third-order valence-electron chi connectivity index (χ3n) is 3.13. The Hall–Kier alpha value is -1.81. The molecule has 2 unspecified atom stereocenters. The van der Waals surface area contributed by atoms with Crippen molar-refractivity contribution in [3.05, 3.63) is 47.7 Å². The van der Waals surface area contributed by atoms with Crippen molar-refractivity contribution in [3.8, 4) is 5.75 Å². The third kappa shape index (κ3) is 3.35. The predicted octanol–water partition coefficient (Wildman–Crippen LogP) is 3.40. The Kier molecular flexibility index (Phi) is 4.22. The van der Waals surface area contributed by atoms with Crippen LogP contribution in [0, 0.1) is 6.92 Å². The Morgan fingerprint density at radius 3 is 2.37 bits per heavy atom. The molecule has 0 saturated heterocycles. The molecule has 19 heavy (non-hydrogen) atoms. The lowest BCUT2D eigenvalue weighted by Gasteiger charge is -2.18. The minimum Gasteiger partial charge on any atom is -0.497 e. The van der Waals surface area contributed by atoms with Gasteiger partial charge in [-0.15, -0.1) is 0 Å². The van der Waals surface area contributed by atoms with Gasteiger partial charge in [-0.3, -0.25) is 5.32 Å². The van der Waals surface area contributed by atoms with Gasteiger partial charge >= 0.3 is 0 Å². The number of benzene rings is 1. The van der Waals surface area contributed by atoms with Crippen LogP contribution < -0.4 is 10.1 Å². The van der Waals surface area contributed by atoms with Crippen LogP contribution in [0.1, 0.15) is 43.1 Å². The average Bonchev–Trinajstić information content (AvgIpc) is 2.85. The molecule has 2 atom stereocenters. The maximum atomic E-state index is 5.52. The van der Waals surface area contributed by atoms with Crippen molar-refractivity contribution >= 4 is 0 Å². The molecule has 0 amide bonds. The zero-order valence-corrected chi connectivity index (χ0v) is 11.8. The van der Waals surface area contributed by atoms with E-state index < -0.39 is 0 Å². The molecular weight excluding hydrogens is 240 g/mol. The van der Waals surface area contributed by atoms with E-state index in [2.05, 4.69) is 29.4 Å². The van der Waals surface area contributed by atoms with E-state index in [1.54, 1.807) is 13.3 Å². The summed E-state index contributed by atoms with van der Waals surface area (Å²) in [7, 11) is 1.67. The second kappa shape index (κ2) is 5.89. The van der Waals surface area contributed by atoms with Gasteiger partial charge in [0.2, 0.25) is 5.89 Å². The van der Waals surface area contributed by atoms with Gasteiger partial charge in [-0.2, -0.15) is 0 Å². The molecule has 0 aliphatic rings. The third-order valence-corrected chi connectivity index (χ3v) is 3.13. The van der Waals surface area contributed by atoms with Gasteiger partial charge in [0, 0.05) is 6.04 Å². The molecule has 2 aromatic rings. The van der Waals surface area contributed by atoms with Gasteiger partial charge in [-0.25, -0.2) is 4.98 Å². The Morgan fingerprint density at radius 2 is 1.84 bits per heavy atom. The SMILES string of the molecule is COc1ccc(C(C)NC(C)c2ncc(C)o2)cc1. The van der Waals surface area contributed by atoms with Crippen molar-refractivity contribution in [1.82, 2.24) is 10.3 Å². The largest absolute Gasteiger partial charge is 0.497 e. The van der Waals surface area contributed by atoms with Crippen molar-refractivity contribution in [1.29, 1.82) is 0 Å². The first kappa shape index (κ1) is 13.6. The Bertz CT molecular complexity index is 519. The molecule has 0 saturated carbocycles. The summed E-state index contributed by atoms with van der Waals surface area (Å²) in [6.07, 6.45) is 1.74. The summed E-state index contributed by atoms with van der Waals surface area (Å²) in [5, 5.41) is 3.47. The molecule has 0 radical (unpaired) electrons. The van der Waals surface area contributed by atoms with Crippen LogP contribution in [0.15, 0.2) is 34.9 Å². The van der Waals surface area contributed by atoms with Crippen LogP contribution in [-0.4, -0.2) is 12.1 Å². The number of hydrogen-bond acceptors (Lipinski definition) is 4. The van der Waals surface area contributed by atoms with Crippen molar-refractivity contribution in [2.75, 3.05) is 7.11 Å². The normalized spacial score (nSPS) is 14.1. The standard InChI is InChI=1S/C15H20N2O2/c1-10-9-16-15(19-10)12(3)17-11(2)13-5-7-14(18-4)8-6-13/h5-9,11-12,17H,1-4H3. The van der Waals surface area contributed by atoms with Gasteiger partial charge in [0.05, 0.1) is 19.3 Å². The van der Waals surface area contributed by atoms with Gasteiger partial charge < -0.3 is 9.15 Å². The molecule has 4 heteroatoms. The highest BCUT2D eigenvalue weighted by molar-refractivity contribution is 5.28. The van der Waals surface area contributed by atoms with E-state index in [0.717, 1.165) is 17.4 Å². The van der Waals surface area contributed by atoms with Crippen molar-refractivity contribution < 1.29 is 9.15 Å². The van der Waals surface area contributed by atoms with E-state index in [9.17, 15) is 0 Å². The second-order valence-corrected chi connectivity index (χ2v) is 4.69. The number of aryl methyl sites for hydroxylation is 1. The van der Waals surface area contributed by atoms with Crippen molar-refractivity contribution in [3.63, 3.8) is 0 Å². The summed E-state index contributed by atoms with van der Waals surface area (Å²) in [5.41, 5.74) is 1.20. The highest BCUT2D eigenvalue weighted by Crippen LogP contribution is 2.21. The maximum Gasteiger partial charge on any atom is 0.211 e. The molecule has 2 rings (SSSR count). The van der Waals surface area contributed by atoms with E-state index in [1.807, 2.05) is 26.0 Å². The quantitative estimate of drug-likeness (QED) is 0.895. The molecule has 1 aromatic carbocycles. The number of rotatable bonds is 5. The van der Waals surface area contributed by atoms with Crippen LogP contribution in [0.4, 0.5) is 0 Å². The summed E-state index contributed by atoms with van der Waals surface area (Å²) in [6.45, 7) is 6.07. The molecule has 102 valence electrons. The summed E-state index contributed by atoms with van der Waals surface area (Å²) in [6, 6.07) is 8.34. The molecule has 1 N–H and O–H groups in total. The highest BCUT2D eigenvalue weighted by Gasteiger charge is 2.15. The fraction of sp³-hybridized carbons (Fsp3) is 0.400. The summed E-state index contributed by atoms with van der Waals surface area (Å²) in [4.78, 5) is 4.24. The van der Waals surface area contributed by atoms with Crippen LogP contribution >= 0.6 is 0 Å². The highest BCUT2D eigenvalue weighted by atomic mass is 16.5. The number of oxazole rings is 1. The second-order valence-electron chi connectivity index (χ2n) is 4.69. The molecule has 0 spiro atoms. The number of hydrogen-bond donors (Lipinski definition) is 1. The lowest BCUT2D eigenvalue weighted by molar-refractivity contribution is 0.380. The van der Waals surface area contributed by atoms with Crippen molar-refractivity contribution in [2.24, 2.45) is 0 Å². The fourth-order valence-electron chi connectivity index (χ4n) is 2.01. The average molecular weight is 260 g/mol. The molecule has 0 aliphatic carbocycles. The number of aromatic nitrogens is 1. The maximum absolute atomic E-state index is 5.52. The van der Waals surface area contributed by atoms with Gasteiger partial charge in [0.1, 0.15) is 11.5 Å². The molecule has 1 aromatic heterocycles. The van der Waals surface area contributed by atoms with Gasteiger partial charge in [-0.1, -0.05) is 12.1 Å². The summed E-state index contributed by atoms with van der Waals surface area (Å²) >= 11 is 0. The number of nitrogens with zero attached hydrogens (tertiary/aromatic N) is 1. The van der Waals surface area contributed by atoms with Crippen LogP contribution in [0.2, 0.25) is 0 Å². The van der Waals surface area contributed by atoms with E-state index in [4.69, 9.17) is 9.15 Å². The van der Waals surface area contributed by atoms with E-state index in [1.165, 1.54) is 5.56 Å². The molecule has 0 fully saturated rings. The number of methoxy groups -OCH3 is 1. The molecule has 0 bridgehead atoms. The van der Waals surface area contributed by atoms with Gasteiger partial charge in [-0.05, 0) is 38.5 Å². The van der Waals surface area contributed by atoms with Crippen LogP contribution in [0.3, 0.4) is 0 Å². The first-order chi connectivity index (χ1) is 9.10. The zero-order valence-electron chi connectivity index (χ0n) is 11.8. The fourth-order valence-corrected chi connectivity index (χ4v) is 2.01. The van der Waals surface area contributed by atoms with Gasteiger partial charge in [0.25, 0.3) is 0 Å². The monoisotopic (exact) mass is 260 g/mol. The number of nitrogens with one attached hydrogen (secondary N) is 1. The number of ether oxygens (including phenoxy) is 1. The van der Waals surface area contributed by atoms with Crippen LogP contribution in [-0.2, 0) is 0 Å². The van der Waals surface area contributed by atoms with Crippen LogP contribution in [0.5, 0.6) is 5.75 Å². The zero-order chi connectivity index (χ0) is 13.8. The molecule has 1 heterocycles. The summed E-state index contributed by atoms with van der Waals surface area (Å²) < 4.78 is 10.7.